The van der Waals surface area contributed by atoms with Crippen LogP contribution >= 0.6 is 11.3 Å². The van der Waals surface area contributed by atoms with Gasteiger partial charge in [0.2, 0.25) is 0 Å². The Morgan fingerprint density at radius 1 is 1.13 bits per heavy atom. The van der Waals surface area contributed by atoms with E-state index in [9.17, 15) is 9.59 Å². The molecule has 2 aromatic heterocycles. The number of nitrogens with zero attached hydrogens (tertiary/aromatic N) is 4. The second-order valence-corrected chi connectivity index (χ2v) is 11.9. The van der Waals surface area contributed by atoms with Gasteiger partial charge < -0.3 is 19.4 Å². The van der Waals surface area contributed by atoms with Gasteiger partial charge in [0.1, 0.15) is 16.1 Å². The fourth-order valence-corrected chi connectivity index (χ4v) is 6.01. The third-order valence-electron chi connectivity index (χ3n) is 7.06. The SMILES string of the molecule is CC(C)(C)OC(=O)N1C2CCC1CN(c1nc3cc(C(=O)NCc4ccccc4)cc(-c4nccs4)c3o1)C2. The number of carbonyl (C=O) groups is 2. The van der Waals surface area contributed by atoms with Crippen molar-refractivity contribution in [2.75, 3.05) is 18.0 Å². The van der Waals surface area contributed by atoms with Crippen molar-refractivity contribution in [2.45, 2.75) is 57.8 Å². The van der Waals surface area contributed by atoms with E-state index in [1.165, 1.54) is 11.3 Å². The van der Waals surface area contributed by atoms with E-state index in [1.807, 2.05) is 67.4 Å². The minimum atomic E-state index is -0.536. The van der Waals surface area contributed by atoms with Gasteiger partial charge in [-0.15, -0.1) is 11.3 Å². The van der Waals surface area contributed by atoms with Gasteiger partial charge in [-0.05, 0) is 51.3 Å². The average Bonchev–Trinajstić information content (AvgIpc) is 3.64. The molecule has 4 heterocycles. The Morgan fingerprint density at radius 2 is 1.87 bits per heavy atom. The Hall–Kier alpha value is -3.92. The van der Waals surface area contributed by atoms with E-state index < -0.39 is 5.60 Å². The maximum Gasteiger partial charge on any atom is 0.410 e. The van der Waals surface area contributed by atoms with Crippen molar-refractivity contribution in [3.8, 4) is 10.6 Å². The highest BCUT2D eigenvalue weighted by molar-refractivity contribution is 7.13. The predicted molar refractivity (Wildman–Crippen MR) is 150 cm³/mol. The zero-order valence-electron chi connectivity index (χ0n) is 22.2. The van der Waals surface area contributed by atoms with Crippen molar-refractivity contribution in [1.29, 1.82) is 0 Å². The topological polar surface area (TPSA) is 101 Å². The number of amides is 2. The van der Waals surface area contributed by atoms with Gasteiger partial charge in [0.15, 0.2) is 5.58 Å². The van der Waals surface area contributed by atoms with Crippen LogP contribution in [-0.2, 0) is 11.3 Å². The van der Waals surface area contributed by atoms with Crippen LogP contribution in [0.4, 0.5) is 10.8 Å². The third-order valence-corrected chi connectivity index (χ3v) is 7.86. The number of anilines is 1. The van der Waals surface area contributed by atoms with E-state index in [0.29, 0.717) is 42.3 Å². The number of hydrogen-bond donors (Lipinski definition) is 1. The lowest BCUT2D eigenvalue weighted by Crippen LogP contribution is -2.56. The fraction of sp³-hybridized carbons (Fsp3) is 0.379. The molecule has 2 saturated heterocycles. The number of nitrogens with one attached hydrogen (secondary N) is 1. The maximum atomic E-state index is 13.1. The Balaban J connectivity index is 1.27. The summed E-state index contributed by atoms with van der Waals surface area (Å²) in [7, 11) is 0. The Morgan fingerprint density at radius 3 is 2.54 bits per heavy atom. The molecular weight excluding hydrogens is 514 g/mol. The van der Waals surface area contributed by atoms with Gasteiger partial charge in [0.05, 0.1) is 17.6 Å². The van der Waals surface area contributed by atoms with E-state index in [2.05, 4.69) is 15.2 Å². The quantitative estimate of drug-likeness (QED) is 0.355. The van der Waals surface area contributed by atoms with Crippen LogP contribution in [0.15, 0.2) is 58.5 Å². The molecule has 202 valence electrons. The molecule has 0 radical (unpaired) electrons. The molecule has 2 unspecified atom stereocenters. The van der Waals surface area contributed by atoms with E-state index in [0.717, 1.165) is 29.0 Å². The van der Waals surface area contributed by atoms with Crippen molar-refractivity contribution < 1.29 is 18.7 Å². The molecule has 2 aromatic carbocycles. The third kappa shape index (κ3) is 5.21. The number of aromatic nitrogens is 2. The Labute approximate surface area is 230 Å². The highest BCUT2D eigenvalue weighted by Gasteiger charge is 2.45. The second kappa shape index (κ2) is 10.00. The smallest absolute Gasteiger partial charge is 0.410 e. The van der Waals surface area contributed by atoms with E-state index in [4.69, 9.17) is 14.1 Å². The lowest BCUT2D eigenvalue weighted by molar-refractivity contribution is 0.0120. The molecule has 2 bridgehead atoms. The summed E-state index contributed by atoms with van der Waals surface area (Å²) < 4.78 is 12.0. The molecule has 0 saturated carbocycles. The summed E-state index contributed by atoms with van der Waals surface area (Å²) in [6.45, 7) is 7.31. The van der Waals surface area contributed by atoms with Crippen LogP contribution < -0.4 is 10.2 Å². The molecule has 9 nitrogen and oxygen atoms in total. The van der Waals surface area contributed by atoms with Crippen LogP contribution in [0.2, 0.25) is 0 Å². The van der Waals surface area contributed by atoms with Crippen LogP contribution in [0, 0.1) is 0 Å². The van der Waals surface area contributed by atoms with Gasteiger partial charge in [0, 0.05) is 36.8 Å². The number of fused-ring (bicyclic) bond motifs is 3. The number of hydrogen-bond acceptors (Lipinski definition) is 8. The van der Waals surface area contributed by atoms with E-state index in [-0.39, 0.29) is 24.1 Å². The number of piperazine rings is 1. The molecule has 2 atom stereocenters. The highest BCUT2D eigenvalue weighted by atomic mass is 32.1. The van der Waals surface area contributed by atoms with Gasteiger partial charge in [-0.3, -0.25) is 9.69 Å². The van der Waals surface area contributed by atoms with Crippen molar-refractivity contribution in [2.24, 2.45) is 0 Å². The second-order valence-electron chi connectivity index (χ2n) is 11.1. The Kier molecular flexibility index (Phi) is 6.50. The van der Waals surface area contributed by atoms with Gasteiger partial charge in [-0.1, -0.05) is 30.3 Å². The summed E-state index contributed by atoms with van der Waals surface area (Å²) in [5.74, 6) is -0.188. The van der Waals surface area contributed by atoms with Crippen molar-refractivity contribution in [1.82, 2.24) is 20.2 Å². The van der Waals surface area contributed by atoms with E-state index in [1.54, 1.807) is 12.3 Å². The fourth-order valence-electron chi connectivity index (χ4n) is 5.35. The van der Waals surface area contributed by atoms with Crippen LogP contribution in [0.5, 0.6) is 0 Å². The molecule has 4 aromatic rings. The lowest BCUT2D eigenvalue weighted by Gasteiger charge is -2.40. The monoisotopic (exact) mass is 545 g/mol. The van der Waals surface area contributed by atoms with Gasteiger partial charge in [-0.2, -0.15) is 4.98 Å². The largest absolute Gasteiger partial charge is 0.444 e. The lowest BCUT2D eigenvalue weighted by atomic mass is 10.1. The molecule has 10 heteroatoms. The van der Waals surface area contributed by atoms with Crippen molar-refractivity contribution in [3.63, 3.8) is 0 Å². The number of oxazole rings is 1. The van der Waals surface area contributed by atoms with Crippen LogP contribution in [-0.4, -0.2) is 57.6 Å². The Bertz CT molecular complexity index is 1480. The first-order valence-electron chi connectivity index (χ1n) is 13.2. The number of benzene rings is 2. The first-order chi connectivity index (χ1) is 18.7. The number of rotatable bonds is 5. The maximum absolute atomic E-state index is 13.1. The van der Waals surface area contributed by atoms with Crippen LogP contribution in [0.25, 0.3) is 21.7 Å². The highest BCUT2D eigenvalue weighted by Crippen LogP contribution is 2.37. The minimum Gasteiger partial charge on any atom is -0.444 e. The van der Waals surface area contributed by atoms with Crippen LogP contribution in [0.1, 0.15) is 49.5 Å². The van der Waals surface area contributed by atoms with Gasteiger partial charge in [0.25, 0.3) is 11.9 Å². The van der Waals surface area contributed by atoms with Crippen molar-refractivity contribution >= 4 is 40.5 Å². The summed E-state index contributed by atoms with van der Waals surface area (Å²) in [6, 6.07) is 13.9. The van der Waals surface area contributed by atoms with Crippen molar-refractivity contribution in [3.05, 3.63) is 65.2 Å². The molecular formula is C29H31N5O4S. The number of thiazole rings is 1. The summed E-state index contributed by atoms with van der Waals surface area (Å²) in [5.41, 5.74) is 2.92. The zero-order chi connectivity index (χ0) is 27.1. The summed E-state index contributed by atoms with van der Waals surface area (Å²) in [5, 5.41) is 5.66. The predicted octanol–water partition coefficient (Wildman–Crippen LogP) is 5.47. The zero-order valence-corrected chi connectivity index (χ0v) is 23.0. The molecule has 1 N–H and O–H groups in total. The van der Waals surface area contributed by atoms with E-state index >= 15 is 0 Å². The van der Waals surface area contributed by atoms with Gasteiger partial charge in [-0.25, -0.2) is 9.78 Å². The summed E-state index contributed by atoms with van der Waals surface area (Å²) >= 11 is 1.48. The summed E-state index contributed by atoms with van der Waals surface area (Å²) in [6.07, 6.45) is 3.30. The first kappa shape index (κ1) is 25.4. The standard InChI is InChI=1S/C29H31N5O4S/c1-29(2,3)38-28(36)34-20-9-10-21(34)17-33(16-20)27-32-23-14-19(25(35)31-15-18-7-5-4-6-8-18)13-22(24(23)37-27)26-30-11-12-39-26/h4-8,11-14,20-21H,9-10,15-17H2,1-3H3,(H,31,35). The van der Waals surface area contributed by atoms with Gasteiger partial charge >= 0.3 is 6.09 Å². The molecule has 0 aliphatic carbocycles. The number of carbonyl (C=O) groups excluding carboxylic acids is 2. The minimum absolute atomic E-state index is 0.0337. The number of ether oxygens (including phenoxy) is 1. The molecule has 6 rings (SSSR count). The first-order valence-corrected chi connectivity index (χ1v) is 14.1. The molecule has 2 fully saturated rings. The average molecular weight is 546 g/mol. The normalized spacial score (nSPS) is 18.9. The molecule has 39 heavy (non-hydrogen) atoms. The molecule has 2 aliphatic heterocycles. The molecule has 0 spiro atoms. The molecule has 2 aliphatic rings. The molecule has 2 amide bonds. The van der Waals surface area contributed by atoms with Crippen LogP contribution in [0.3, 0.4) is 0 Å². The summed E-state index contributed by atoms with van der Waals surface area (Å²) in [4.78, 5) is 39.3.